The molecule has 2 N–H and O–H groups in total. The molecule has 0 radical (unpaired) electrons. The normalized spacial score (nSPS) is 14.1. The van der Waals surface area contributed by atoms with Crippen LogP contribution in [0, 0.1) is 0 Å². The Morgan fingerprint density at radius 2 is 1.93 bits per heavy atom. The van der Waals surface area contributed by atoms with Crippen LogP contribution in [0.25, 0.3) is 10.2 Å². The number of morpholine rings is 1. The van der Waals surface area contributed by atoms with Gasteiger partial charge in [-0.25, -0.2) is 4.98 Å². The number of benzene rings is 2. The second-order valence-corrected chi connectivity index (χ2v) is 11.0. The smallest absolute Gasteiger partial charge is 0.251 e. The number of thiazole rings is 1. The minimum atomic E-state index is -0.0523. The van der Waals surface area contributed by atoms with Crippen LogP contribution < -0.4 is 20.1 Å². The van der Waals surface area contributed by atoms with Gasteiger partial charge in [-0.1, -0.05) is 23.5 Å². The molecule has 2 aromatic carbocycles. The Morgan fingerprint density at radius 3 is 2.71 bits per heavy atom. The lowest BCUT2D eigenvalue weighted by molar-refractivity contribution is -0.113. The Balaban J connectivity index is 1.16. The topological polar surface area (TPSA) is 97.8 Å². The van der Waals surface area contributed by atoms with E-state index in [1.54, 1.807) is 13.3 Å². The number of hydrogen-bond donors (Lipinski definition) is 2. The fraction of sp³-hybridized carbons (Fsp3) is 0.344. The lowest BCUT2D eigenvalue weighted by atomic mass is 10.1. The first kappa shape index (κ1) is 29.5. The molecule has 0 saturated carbocycles. The number of ether oxygens (including phenoxy) is 3. The molecule has 10 heteroatoms. The third-order valence-corrected chi connectivity index (χ3v) is 8.01. The minimum Gasteiger partial charge on any atom is -0.493 e. The molecule has 0 aliphatic carbocycles. The van der Waals surface area contributed by atoms with Crippen molar-refractivity contribution in [3.05, 3.63) is 78.1 Å². The van der Waals surface area contributed by atoms with E-state index in [-0.39, 0.29) is 5.91 Å². The highest BCUT2D eigenvalue weighted by atomic mass is 32.1. The summed E-state index contributed by atoms with van der Waals surface area (Å²) >= 11 is 1.52. The van der Waals surface area contributed by atoms with Crippen LogP contribution >= 0.6 is 11.3 Å². The summed E-state index contributed by atoms with van der Waals surface area (Å²) in [7, 11) is 1.62. The second-order valence-electron chi connectivity index (χ2n) is 9.98. The molecule has 1 aliphatic heterocycles. The average molecular weight is 588 g/mol. The van der Waals surface area contributed by atoms with Crippen molar-refractivity contribution in [2.75, 3.05) is 50.6 Å². The summed E-state index contributed by atoms with van der Waals surface area (Å²) < 4.78 is 17.9. The molecule has 1 fully saturated rings. The maximum atomic E-state index is 13.0. The van der Waals surface area contributed by atoms with Crippen LogP contribution in [0.4, 0.5) is 16.5 Å². The van der Waals surface area contributed by atoms with Gasteiger partial charge in [-0.2, -0.15) is 0 Å². The molecule has 42 heavy (non-hydrogen) atoms. The largest absolute Gasteiger partial charge is 0.493 e. The third-order valence-electron chi connectivity index (χ3n) is 7.08. The van der Waals surface area contributed by atoms with Crippen molar-refractivity contribution >= 4 is 44.0 Å². The van der Waals surface area contributed by atoms with E-state index in [4.69, 9.17) is 19.2 Å². The number of carbonyl (C=O) groups is 1. The summed E-state index contributed by atoms with van der Waals surface area (Å²) in [6.07, 6.45) is 6.48. The van der Waals surface area contributed by atoms with Crippen molar-refractivity contribution in [2.45, 2.75) is 32.8 Å². The summed E-state index contributed by atoms with van der Waals surface area (Å²) in [5, 5.41) is 7.17. The molecule has 1 aliphatic rings. The number of pyridine rings is 1. The molecule has 5 rings (SSSR count). The van der Waals surface area contributed by atoms with E-state index < -0.39 is 0 Å². The standard InChI is InChI=1S/C32H37N5O4S/c1-3-23(8-5-7-15-37-16-18-40-19-17-37)31(38)34-25-10-12-27-30(21-25)42-32(36-27)35-24-11-13-28(29(20-24)39-2)41-22-26-9-4-6-14-33-26/h3-4,6,9-14,20-21H,5,7-8,15-19,22H2,1-2H3,(H,34,38)(H,35,36). The van der Waals surface area contributed by atoms with Gasteiger partial charge in [-0.15, -0.1) is 0 Å². The number of unbranched alkanes of at least 4 members (excludes halogenated alkanes) is 1. The summed E-state index contributed by atoms with van der Waals surface area (Å²) in [6, 6.07) is 17.2. The van der Waals surface area contributed by atoms with E-state index in [0.29, 0.717) is 18.1 Å². The highest BCUT2D eigenvalue weighted by Gasteiger charge is 2.14. The zero-order valence-electron chi connectivity index (χ0n) is 24.1. The number of methoxy groups -OCH3 is 1. The molecule has 1 amide bonds. The van der Waals surface area contributed by atoms with Crippen LogP contribution in [0.3, 0.4) is 0 Å². The quantitative estimate of drug-likeness (QED) is 0.137. The molecular formula is C32H37N5O4S. The Kier molecular flexibility index (Phi) is 10.4. The molecule has 4 aromatic rings. The maximum absolute atomic E-state index is 13.0. The summed E-state index contributed by atoms with van der Waals surface area (Å²) in [5.74, 6) is 1.20. The third kappa shape index (κ3) is 8.06. The number of rotatable bonds is 13. The van der Waals surface area contributed by atoms with Crippen LogP contribution in [0.15, 0.2) is 72.4 Å². The first-order valence-corrected chi connectivity index (χ1v) is 15.1. The van der Waals surface area contributed by atoms with Crippen molar-refractivity contribution in [3.8, 4) is 11.5 Å². The van der Waals surface area contributed by atoms with E-state index in [0.717, 1.165) is 90.1 Å². The fourth-order valence-corrected chi connectivity index (χ4v) is 5.68. The van der Waals surface area contributed by atoms with Crippen molar-refractivity contribution < 1.29 is 19.0 Å². The van der Waals surface area contributed by atoms with Crippen molar-refractivity contribution in [3.63, 3.8) is 0 Å². The Morgan fingerprint density at radius 1 is 1.07 bits per heavy atom. The molecule has 1 saturated heterocycles. The van der Waals surface area contributed by atoms with Gasteiger partial charge in [0.15, 0.2) is 16.6 Å². The fourth-order valence-electron chi connectivity index (χ4n) is 4.76. The predicted octanol–water partition coefficient (Wildman–Crippen LogP) is 6.41. The van der Waals surface area contributed by atoms with Crippen LogP contribution in [0.1, 0.15) is 31.9 Å². The molecular weight excluding hydrogens is 550 g/mol. The van der Waals surface area contributed by atoms with Gasteiger partial charge in [-0.3, -0.25) is 14.7 Å². The van der Waals surface area contributed by atoms with E-state index in [9.17, 15) is 4.79 Å². The van der Waals surface area contributed by atoms with Crippen LogP contribution in [0.2, 0.25) is 0 Å². The number of fused-ring (bicyclic) bond motifs is 1. The number of nitrogens with one attached hydrogen (secondary N) is 2. The lowest BCUT2D eigenvalue weighted by Gasteiger charge is -2.26. The molecule has 0 atom stereocenters. The average Bonchev–Trinajstić information content (AvgIpc) is 3.42. The number of carbonyl (C=O) groups excluding carboxylic acids is 1. The van der Waals surface area contributed by atoms with Crippen molar-refractivity contribution in [2.24, 2.45) is 0 Å². The van der Waals surface area contributed by atoms with Gasteiger partial charge in [0.25, 0.3) is 5.91 Å². The Labute approximate surface area is 250 Å². The molecule has 220 valence electrons. The SMILES string of the molecule is CC=C(CCCCN1CCOCC1)C(=O)Nc1ccc2nc(Nc3ccc(OCc4ccccn4)c(OC)c3)sc2c1. The molecule has 2 aromatic heterocycles. The summed E-state index contributed by atoms with van der Waals surface area (Å²) in [6.45, 7) is 6.95. The van der Waals surface area contributed by atoms with Gasteiger partial charge < -0.3 is 24.8 Å². The number of nitrogens with zero attached hydrogens (tertiary/aromatic N) is 3. The molecule has 0 spiro atoms. The van der Waals surface area contributed by atoms with Crippen LogP contribution in [-0.4, -0.2) is 60.7 Å². The van der Waals surface area contributed by atoms with Gasteiger partial charge in [-0.05, 0) is 75.2 Å². The van der Waals surface area contributed by atoms with Crippen LogP contribution in [-0.2, 0) is 16.1 Å². The number of aromatic nitrogens is 2. The minimum absolute atomic E-state index is 0.0523. The molecule has 9 nitrogen and oxygen atoms in total. The highest BCUT2D eigenvalue weighted by Crippen LogP contribution is 2.34. The second kappa shape index (κ2) is 14.8. The maximum Gasteiger partial charge on any atom is 0.251 e. The van der Waals surface area contributed by atoms with E-state index in [1.165, 1.54) is 11.3 Å². The van der Waals surface area contributed by atoms with Crippen LogP contribution in [0.5, 0.6) is 11.5 Å². The van der Waals surface area contributed by atoms with Gasteiger partial charge >= 0.3 is 0 Å². The number of allylic oxidation sites excluding steroid dienone is 1. The Hall–Kier alpha value is -3.99. The molecule has 0 bridgehead atoms. The predicted molar refractivity (Wildman–Crippen MR) is 168 cm³/mol. The summed E-state index contributed by atoms with van der Waals surface area (Å²) in [4.78, 5) is 24.4. The van der Waals surface area contributed by atoms with Gasteiger partial charge in [0.05, 0.1) is 36.2 Å². The number of hydrogen-bond acceptors (Lipinski definition) is 9. The lowest BCUT2D eigenvalue weighted by Crippen LogP contribution is -2.36. The first-order chi connectivity index (χ1) is 20.6. The Bertz CT molecular complexity index is 1500. The first-order valence-electron chi connectivity index (χ1n) is 14.3. The van der Waals surface area contributed by atoms with Crippen molar-refractivity contribution in [1.29, 1.82) is 0 Å². The van der Waals surface area contributed by atoms with E-state index in [2.05, 4.69) is 20.5 Å². The van der Waals surface area contributed by atoms with E-state index in [1.807, 2.05) is 67.6 Å². The van der Waals surface area contributed by atoms with Gasteiger partial charge in [0.2, 0.25) is 0 Å². The van der Waals surface area contributed by atoms with Crippen molar-refractivity contribution in [1.82, 2.24) is 14.9 Å². The summed E-state index contributed by atoms with van der Waals surface area (Å²) in [5.41, 5.74) is 4.10. The zero-order chi connectivity index (χ0) is 29.1. The number of anilines is 3. The molecule has 3 heterocycles. The molecule has 0 unspecified atom stereocenters. The van der Waals surface area contributed by atoms with Gasteiger partial charge in [0.1, 0.15) is 6.61 Å². The zero-order valence-corrected chi connectivity index (χ0v) is 24.9. The van der Waals surface area contributed by atoms with Gasteiger partial charge in [0, 0.05) is 42.3 Å². The highest BCUT2D eigenvalue weighted by molar-refractivity contribution is 7.22. The number of amides is 1. The monoisotopic (exact) mass is 587 g/mol. The van der Waals surface area contributed by atoms with E-state index >= 15 is 0 Å².